The molecule has 1 N–H and O–H groups in total. The van der Waals surface area contributed by atoms with Crippen molar-refractivity contribution in [3.63, 3.8) is 0 Å². The summed E-state index contributed by atoms with van der Waals surface area (Å²) in [6.45, 7) is 0. The van der Waals surface area contributed by atoms with Gasteiger partial charge in [-0.2, -0.15) is 5.10 Å². The second-order valence-corrected chi connectivity index (χ2v) is 8.01. The van der Waals surface area contributed by atoms with Gasteiger partial charge in [0.2, 0.25) is 0 Å². The lowest BCUT2D eigenvalue weighted by Crippen LogP contribution is -2.51. The number of carboxylic acid groups (broad SMARTS) is 1. The van der Waals surface area contributed by atoms with Crippen LogP contribution >= 0.6 is 11.8 Å². The van der Waals surface area contributed by atoms with Crippen LogP contribution in [0.5, 0.6) is 0 Å². The first-order valence-electron chi connectivity index (χ1n) is 8.39. The molecule has 0 aromatic carbocycles. The number of aromatic nitrogens is 2. The molecule has 2 saturated heterocycles. The van der Waals surface area contributed by atoms with E-state index in [9.17, 15) is 14.7 Å². The standard InChI is InChI=1S/C17H18N4O3S/c1-19-8-3-4-11(19)14-10(18-20(2)12(14)5-8)6-9-15(22)21-13(17(23)24)7-25-16(9)21/h6-8,11,16H,3-5H2,1-2H3,(H,23,24)/t8?,11?,16-/m1/s1. The average Bonchev–Trinajstić information content (AvgIpc) is 3.17. The normalized spacial score (nSPS) is 31.8. The number of carboxylic acids is 1. The van der Waals surface area contributed by atoms with E-state index < -0.39 is 5.97 Å². The first-order chi connectivity index (χ1) is 12.0. The van der Waals surface area contributed by atoms with Gasteiger partial charge in [-0.25, -0.2) is 4.79 Å². The number of aryl methyl sites for hydroxylation is 1. The molecule has 4 aliphatic rings. The Bertz CT molecular complexity index is 887. The minimum absolute atomic E-state index is 0.0681. The molecule has 0 radical (unpaired) electrons. The third-order valence-electron chi connectivity index (χ3n) is 5.88. The van der Waals surface area contributed by atoms with Crippen LogP contribution in [0, 0.1) is 0 Å². The Morgan fingerprint density at radius 1 is 1.40 bits per heavy atom. The number of rotatable bonds is 2. The number of hydrogen-bond acceptors (Lipinski definition) is 5. The molecule has 2 fully saturated rings. The van der Waals surface area contributed by atoms with Gasteiger partial charge < -0.3 is 5.11 Å². The highest BCUT2D eigenvalue weighted by Crippen LogP contribution is 2.47. The van der Waals surface area contributed by atoms with Crippen molar-refractivity contribution in [3.05, 3.63) is 33.6 Å². The van der Waals surface area contributed by atoms with Gasteiger partial charge in [-0.3, -0.25) is 19.3 Å². The van der Waals surface area contributed by atoms with Crippen LogP contribution in [0.4, 0.5) is 0 Å². The highest BCUT2D eigenvalue weighted by molar-refractivity contribution is 8.03. The van der Waals surface area contributed by atoms with E-state index in [0.717, 1.165) is 18.5 Å². The molecule has 4 aliphatic heterocycles. The molecule has 0 aliphatic carbocycles. The van der Waals surface area contributed by atoms with E-state index in [1.165, 1.54) is 34.3 Å². The van der Waals surface area contributed by atoms with Gasteiger partial charge in [-0.05, 0) is 26.0 Å². The molecule has 5 rings (SSSR count). The first-order valence-corrected chi connectivity index (χ1v) is 9.33. The number of fused-ring (bicyclic) bond motifs is 5. The van der Waals surface area contributed by atoms with Crippen LogP contribution in [-0.2, 0) is 23.1 Å². The lowest BCUT2D eigenvalue weighted by molar-refractivity contribution is -0.141. The van der Waals surface area contributed by atoms with Crippen molar-refractivity contribution >= 4 is 29.7 Å². The van der Waals surface area contributed by atoms with Crippen LogP contribution in [0.3, 0.4) is 0 Å². The molecule has 0 spiro atoms. The van der Waals surface area contributed by atoms with Gasteiger partial charge in [0.15, 0.2) is 0 Å². The third-order valence-corrected chi connectivity index (χ3v) is 6.97. The molecule has 7 nitrogen and oxygen atoms in total. The minimum Gasteiger partial charge on any atom is -0.477 e. The molecule has 2 bridgehead atoms. The minimum atomic E-state index is -1.06. The summed E-state index contributed by atoms with van der Waals surface area (Å²) in [6.07, 6.45) is 5.19. The summed E-state index contributed by atoms with van der Waals surface area (Å²) in [5.41, 5.74) is 4.08. The monoisotopic (exact) mass is 358 g/mol. The smallest absolute Gasteiger partial charge is 0.353 e. The van der Waals surface area contributed by atoms with E-state index in [-0.39, 0.29) is 17.0 Å². The van der Waals surface area contributed by atoms with E-state index in [1.807, 2.05) is 17.8 Å². The molecule has 3 atom stereocenters. The molecule has 130 valence electrons. The van der Waals surface area contributed by atoms with Crippen LogP contribution in [0.15, 0.2) is 16.7 Å². The number of amides is 1. The van der Waals surface area contributed by atoms with E-state index in [0.29, 0.717) is 17.7 Å². The molecule has 25 heavy (non-hydrogen) atoms. The summed E-state index contributed by atoms with van der Waals surface area (Å²) in [4.78, 5) is 27.4. The van der Waals surface area contributed by atoms with E-state index in [2.05, 4.69) is 17.0 Å². The number of carbonyl (C=O) groups excluding carboxylic acids is 1. The maximum atomic E-state index is 12.5. The van der Waals surface area contributed by atoms with Gasteiger partial charge in [0.1, 0.15) is 11.1 Å². The van der Waals surface area contributed by atoms with Crippen LogP contribution in [0.1, 0.15) is 35.8 Å². The molecule has 1 aromatic heterocycles. The number of thioether (sulfide) groups is 1. The highest BCUT2D eigenvalue weighted by atomic mass is 32.2. The van der Waals surface area contributed by atoms with Crippen molar-refractivity contribution in [1.29, 1.82) is 0 Å². The van der Waals surface area contributed by atoms with Crippen molar-refractivity contribution in [2.75, 3.05) is 7.05 Å². The Balaban J connectivity index is 1.52. The Kier molecular flexibility index (Phi) is 3.03. The molecule has 2 unspecified atom stereocenters. The fraction of sp³-hybridized carbons (Fsp3) is 0.471. The molecule has 8 heteroatoms. The predicted octanol–water partition coefficient (Wildman–Crippen LogP) is 1.34. The van der Waals surface area contributed by atoms with Crippen LogP contribution in [0.2, 0.25) is 0 Å². The molecule has 0 saturated carbocycles. The van der Waals surface area contributed by atoms with Crippen LogP contribution in [0.25, 0.3) is 6.08 Å². The Labute approximate surface area is 149 Å². The van der Waals surface area contributed by atoms with Gasteiger partial charge in [-0.1, -0.05) is 0 Å². The lowest BCUT2D eigenvalue weighted by atomic mass is 9.95. The van der Waals surface area contributed by atoms with E-state index in [4.69, 9.17) is 0 Å². The van der Waals surface area contributed by atoms with Crippen LogP contribution < -0.4 is 0 Å². The van der Waals surface area contributed by atoms with Crippen molar-refractivity contribution in [2.24, 2.45) is 7.05 Å². The number of aliphatic carboxylic acids is 1. The van der Waals surface area contributed by atoms with Gasteiger partial charge in [0, 0.05) is 42.2 Å². The summed E-state index contributed by atoms with van der Waals surface area (Å²) >= 11 is 1.37. The predicted molar refractivity (Wildman–Crippen MR) is 92.4 cm³/mol. The zero-order valence-corrected chi connectivity index (χ0v) is 14.8. The van der Waals surface area contributed by atoms with Gasteiger partial charge in [0.25, 0.3) is 5.91 Å². The van der Waals surface area contributed by atoms with Crippen molar-refractivity contribution in [1.82, 2.24) is 19.6 Å². The van der Waals surface area contributed by atoms with Crippen molar-refractivity contribution < 1.29 is 14.7 Å². The second kappa shape index (κ2) is 4.98. The van der Waals surface area contributed by atoms with Crippen LogP contribution in [-0.4, -0.2) is 55.0 Å². The third kappa shape index (κ3) is 1.89. The zero-order chi connectivity index (χ0) is 17.5. The summed E-state index contributed by atoms with van der Waals surface area (Å²) < 4.78 is 1.95. The first kappa shape index (κ1) is 15.2. The van der Waals surface area contributed by atoms with Gasteiger partial charge in [0.05, 0.1) is 11.3 Å². The van der Waals surface area contributed by atoms with Crippen molar-refractivity contribution in [2.45, 2.75) is 36.7 Å². The average molecular weight is 358 g/mol. The summed E-state index contributed by atoms with van der Waals surface area (Å²) in [5, 5.41) is 15.2. The number of carbonyl (C=O) groups is 2. The highest BCUT2D eigenvalue weighted by Gasteiger charge is 2.50. The van der Waals surface area contributed by atoms with E-state index >= 15 is 0 Å². The molecule has 1 amide bonds. The quantitative estimate of drug-likeness (QED) is 0.635. The zero-order valence-electron chi connectivity index (χ0n) is 14.0. The van der Waals surface area contributed by atoms with Gasteiger partial charge >= 0.3 is 5.97 Å². The molecule has 5 heterocycles. The number of likely N-dealkylation sites (N-methyl/N-ethyl adjacent to an activating group) is 1. The summed E-state index contributed by atoms with van der Waals surface area (Å²) in [5.74, 6) is -1.28. The van der Waals surface area contributed by atoms with Crippen molar-refractivity contribution in [3.8, 4) is 0 Å². The molecular formula is C17H18N4O3S. The largest absolute Gasteiger partial charge is 0.477 e. The lowest BCUT2D eigenvalue weighted by Gasteiger charge is -2.37. The maximum absolute atomic E-state index is 12.5. The fourth-order valence-corrected chi connectivity index (χ4v) is 5.67. The number of β-lactam (4-membered cyclic amide) rings is 1. The molecular weight excluding hydrogens is 340 g/mol. The second-order valence-electron chi connectivity index (χ2n) is 7.06. The van der Waals surface area contributed by atoms with E-state index in [1.54, 1.807) is 5.41 Å². The number of nitrogens with zero attached hydrogens (tertiary/aromatic N) is 4. The maximum Gasteiger partial charge on any atom is 0.353 e. The molecule has 1 aromatic rings. The summed E-state index contributed by atoms with van der Waals surface area (Å²) in [6, 6.07) is 0.950. The Morgan fingerprint density at radius 2 is 2.20 bits per heavy atom. The summed E-state index contributed by atoms with van der Waals surface area (Å²) in [7, 11) is 4.14. The Hall–Kier alpha value is -2.06. The topological polar surface area (TPSA) is 78.7 Å². The Morgan fingerprint density at radius 3 is 2.96 bits per heavy atom. The fourth-order valence-electron chi connectivity index (χ4n) is 4.55. The SMILES string of the molecule is CN1C2CCC1c1c(C=C3C(=O)N4C(C(=O)O)=CS[C@H]34)nn(C)c1C2. The number of hydrogen-bond donors (Lipinski definition) is 1. The van der Waals surface area contributed by atoms with Gasteiger partial charge in [-0.15, -0.1) is 11.8 Å².